The minimum Gasteiger partial charge on any atom is -0.495 e. The molecule has 3 unspecified atom stereocenters. The molecule has 1 saturated heterocycles. The molecule has 4 rings (SSSR count). The Morgan fingerprint density at radius 3 is 2.31 bits per heavy atom. The fraction of sp³-hybridized carbons (Fsp3) is 0.553. The zero-order valence-electron chi connectivity index (χ0n) is 30.0. The lowest BCUT2D eigenvalue weighted by Crippen LogP contribution is -2.74. The highest BCUT2D eigenvalue weighted by molar-refractivity contribution is 7.70. The second-order valence-corrected chi connectivity index (χ2v) is 17.6. The number of hydrogen-bond acceptors (Lipinski definition) is 8. The number of nitrogens with zero attached hydrogens (tertiary/aromatic N) is 1. The van der Waals surface area contributed by atoms with Crippen molar-refractivity contribution < 1.29 is 14.1 Å². The first kappa shape index (κ1) is 38.8. The number of anilines is 3. The molecule has 2 aliphatic rings. The molecule has 1 amide bonds. The molecule has 268 valence electrons. The number of methoxy groups -OCH3 is 1. The predicted molar refractivity (Wildman–Crippen MR) is 207 cm³/mol. The second-order valence-electron chi connectivity index (χ2n) is 13.9. The van der Waals surface area contributed by atoms with E-state index in [2.05, 4.69) is 49.9 Å². The van der Waals surface area contributed by atoms with Gasteiger partial charge in [-0.2, -0.15) is 0 Å². The van der Waals surface area contributed by atoms with Crippen molar-refractivity contribution in [2.24, 2.45) is 0 Å². The predicted octanol–water partition coefficient (Wildman–Crippen LogP) is 6.96. The van der Waals surface area contributed by atoms with Crippen LogP contribution in [-0.2, 0) is 9.36 Å². The van der Waals surface area contributed by atoms with Gasteiger partial charge in [0.15, 0.2) is 0 Å². The van der Waals surface area contributed by atoms with E-state index in [0.29, 0.717) is 29.1 Å². The summed E-state index contributed by atoms with van der Waals surface area (Å²) in [7, 11) is 3.08. The number of halogens is 1. The maximum atomic E-state index is 13.3. The molecule has 1 aliphatic carbocycles. The molecule has 0 bridgehead atoms. The number of nitrogens with one attached hydrogen (secondary N) is 5. The van der Waals surface area contributed by atoms with Gasteiger partial charge in [0.05, 0.1) is 35.6 Å². The van der Waals surface area contributed by atoms with Gasteiger partial charge in [0, 0.05) is 35.6 Å². The smallest absolute Gasteiger partial charge is 0.247 e. The summed E-state index contributed by atoms with van der Waals surface area (Å²) in [6.45, 7) is 8.05. The van der Waals surface area contributed by atoms with Crippen LogP contribution in [0.1, 0.15) is 76.2 Å². The molecule has 9 nitrogen and oxygen atoms in total. The van der Waals surface area contributed by atoms with E-state index in [1.807, 2.05) is 50.5 Å². The van der Waals surface area contributed by atoms with Crippen molar-refractivity contribution in [3.63, 3.8) is 0 Å². The van der Waals surface area contributed by atoms with Gasteiger partial charge in [-0.1, -0.05) is 81.9 Å². The van der Waals surface area contributed by atoms with E-state index in [0.717, 1.165) is 43.2 Å². The molecule has 0 aromatic heterocycles. The number of alkyl halides is 1. The maximum Gasteiger partial charge on any atom is 0.247 e. The molecule has 2 aromatic carbocycles. The first-order valence-corrected chi connectivity index (χ1v) is 20.6. The average Bonchev–Trinajstić information content (AvgIpc) is 3.11. The summed E-state index contributed by atoms with van der Waals surface area (Å²) in [6, 6.07) is 11.5. The number of ether oxygens (including phenoxy) is 1. The molecule has 2 aromatic rings. The third kappa shape index (κ3) is 11.0. The Balaban J connectivity index is 1.73. The number of rotatable bonds is 10. The molecule has 49 heavy (non-hydrogen) atoms. The maximum absolute atomic E-state index is 13.3. The first-order chi connectivity index (χ1) is 23.5. The van der Waals surface area contributed by atoms with Gasteiger partial charge in [0.25, 0.3) is 0 Å². The van der Waals surface area contributed by atoms with Gasteiger partial charge in [-0.3, -0.25) is 15.4 Å². The van der Waals surface area contributed by atoms with E-state index in [1.165, 1.54) is 44.6 Å². The van der Waals surface area contributed by atoms with Crippen molar-refractivity contribution in [2.75, 3.05) is 57.0 Å². The fourth-order valence-corrected chi connectivity index (χ4v) is 8.33. The number of hydrogen-bond donors (Lipinski definition) is 5. The van der Waals surface area contributed by atoms with Crippen molar-refractivity contribution >= 4 is 47.0 Å². The van der Waals surface area contributed by atoms with Crippen molar-refractivity contribution in [3.05, 3.63) is 54.6 Å². The van der Waals surface area contributed by atoms with Gasteiger partial charge in [-0.25, -0.2) is 0 Å². The van der Waals surface area contributed by atoms with Crippen LogP contribution in [0.2, 0.25) is 0 Å². The molecule has 11 heteroatoms. The Bertz CT molecular complexity index is 1520. The molecule has 5 N–H and O–H groups in total. The van der Waals surface area contributed by atoms with Crippen LogP contribution < -0.4 is 36.6 Å². The summed E-state index contributed by atoms with van der Waals surface area (Å²) < 4.78 is 19.2. The van der Waals surface area contributed by atoms with E-state index in [1.54, 1.807) is 20.4 Å². The summed E-state index contributed by atoms with van der Waals surface area (Å²) >= 11 is 7.54. The Morgan fingerprint density at radius 1 is 1.04 bits per heavy atom. The molecule has 1 heterocycles. The largest absolute Gasteiger partial charge is 0.495 e. The summed E-state index contributed by atoms with van der Waals surface area (Å²) in [6.07, 6.45) is 12.6. The van der Waals surface area contributed by atoms with Crippen LogP contribution in [0.5, 0.6) is 5.75 Å². The van der Waals surface area contributed by atoms with Crippen molar-refractivity contribution in [3.8, 4) is 17.6 Å². The number of carbonyl (C=O) groups excluding carboxylic acids is 1. The minimum atomic E-state index is -2.57. The van der Waals surface area contributed by atoms with Crippen molar-refractivity contribution in [2.45, 2.75) is 94.0 Å². The zero-order chi connectivity index (χ0) is 35.4. The third-order valence-electron chi connectivity index (χ3n) is 9.38. The SMILES string of the molecule is C=CC(=O)Nc1cc(NC2NC(Nc3ccccc3P(C)(C)=O)C(Cl)C3(CCCCCCCCCC3)N2)c(OC)cc1C#CCCN(C)C. The fourth-order valence-electron chi connectivity index (χ4n) is 6.75. The number of para-hydroxylation sites is 1. The van der Waals surface area contributed by atoms with Gasteiger partial charge < -0.3 is 30.2 Å². The van der Waals surface area contributed by atoms with Gasteiger partial charge >= 0.3 is 0 Å². The van der Waals surface area contributed by atoms with Crippen LogP contribution in [0.15, 0.2) is 49.1 Å². The van der Waals surface area contributed by atoms with Crippen LogP contribution in [0, 0.1) is 11.8 Å². The topological polar surface area (TPSA) is 107 Å². The zero-order valence-corrected chi connectivity index (χ0v) is 31.6. The molecule has 0 radical (unpaired) electrons. The van der Waals surface area contributed by atoms with Crippen LogP contribution in [0.4, 0.5) is 17.1 Å². The Morgan fingerprint density at radius 2 is 1.69 bits per heavy atom. The van der Waals surface area contributed by atoms with Gasteiger partial charge in [-0.05, 0) is 64.5 Å². The normalized spacial score (nSPS) is 21.5. The number of benzene rings is 2. The van der Waals surface area contributed by atoms with Gasteiger partial charge in [0.1, 0.15) is 19.2 Å². The Kier molecular flexibility index (Phi) is 14.5. The quantitative estimate of drug-likeness (QED) is 0.0781. The van der Waals surface area contributed by atoms with E-state index < -0.39 is 13.4 Å². The summed E-state index contributed by atoms with van der Waals surface area (Å²) in [5, 5.41) is 18.3. The van der Waals surface area contributed by atoms with Crippen molar-refractivity contribution in [1.82, 2.24) is 15.5 Å². The Labute approximate surface area is 299 Å². The first-order valence-electron chi connectivity index (χ1n) is 17.6. The van der Waals surface area contributed by atoms with Crippen LogP contribution >= 0.6 is 18.7 Å². The third-order valence-corrected chi connectivity index (χ3v) is 11.6. The average molecular weight is 711 g/mol. The van der Waals surface area contributed by atoms with Crippen LogP contribution in [-0.4, -0.2) is 75.3 Å². The molecular weight excluding hydrogens is 655 g/mol. The monoisotopic (exact) mass is 710 g/mol. The lowest BCUT2D eigenvalue weighted by Gasteiger charge is -2.51. The highest BCUT2D eigenvalue weighted by Crippen LogP contribution is 2.40. The van der Waals surface area contributed by atoms with Crippen LogP contribution in [0.25, 0.3) is 0 Å². The van der Waals surface area contributed by atoms with E-state index >= 15 is 0 Å². The molecule has 1 aliphatic heterocycles. The lowest BCUT2D eigenvalue weighted by atomic mass is 9.80. The number of carbonyl (C=O) groups is 1. The highest BCUT2D eigenvalue weighted by atomic mass is 35.5. The van der Waals surface area contributed by atoms with Crippen molar-refractivity contribution in [1.29, 1.82) is 0 Å². The molecule has 1 saturated carbocycles. The van der Waals surface area contributed by atoms with E-state index in [4.69, 9.17) is 16.3 Å². The molecule has 2 fully saturated rings. The van der Waals surface area contributed by atoms with Crippen LogP contribution in [0.3, 0.4) is 0 Å². The number of amides is 1. The Hall–Kier alpha value is -2.99. The molecule has 1 spiro atoms. The highest BCUT2D eigenvalue weighted by Gasteiger charge is 2.47. The van der Waals surface area contributed by atoms with E-state index in [9.17, 15) is 9.36 Å². The van der Waals surface area contributed by atoms with Gasteiger partial charge in [-0.15, -0.1) is 11.6 Å². The molecule has 3 atom stereocenters. The molecular formula is C38H56ClN6O3P. The minimum absolute atomic E-state index is 0.309. The summed E-state index contributed by atoms with van der Waals surface area (Å²) in [4.78, 5) is 14.6. The second kappa shape index (κ2) is 18.3. The van der Waals surface area contributed by atoms with E-state index in [-0.39, 0.29) is 23.0 Å². The summed E-state index contributed by atoms with van der Waals surface area (Å²) in [5.74, 6) is 6.71. The van der Waals surface area contributed by atoms with Gasteiger partial charge in [0.2, 0.25) is 5.91 Å². The summed E-state index contributed by atoms with van der Waals surface area (Å²) in [5.41, 5.74) is 2.33. The standard InChI is InChI=1S/C38H56ClN6O3P/c1-7-34(46)40-30-27-31(32(48-4)26-28(30)20-16-19-25-45(2)3)42-37-43-36(41-29-21-14-15-22-33(29)49(5,6)47)35(39)38(44-37)23-17-12-10-8-9-11-13-18-24-38/h7,14-15,21-22,26-27,35-37,41-44H,1,8-13,17-19,23-25H2,2-6H3,(H,40,46). The lowest BCUT2D eigenvalue weighted by molar-refractivity contribution is -0.111.